The predicted octanol–water partition coefficient (Wildman–Crippen LogP) is 3.19. The SMILES string of the molecule is C=CCn1c(SC(C)C(=O)Nc2ccc3c(c2)OCO3)nnc1C1CC1. The second-order valence-corrected chi connectivity index (χ2v) is 7.64. The number of fused-ring (bicyclic) bond motifs is 1. The summed E-state index contributed by atoms with van der Waals surface area (Å²) in [4.78, 5) is 12.6. The number of allylic oxidation sites excluding steroid dienone is 1. The van der Waals surface area contributed by atoms with Gasteiger partial charge in [-0.15, -0.1) is 16.8 Å². The van der Waals surface area contributed by atoms with Crippen LogP contribution in [0.4, 0.5) is 5.69 Å². The van der Waals surface area contributed by atoms with E-state index in [1.165, 1.54) is 11.8 Å². The zero-order valence-electron chi connectivity index (χ0n) is 14.5. The number of rotatable bonds is 7. The van der Waals surface area contributed by atoms with E-state index in [2.05, 4.69) is 26.7 Å². The molecule has 7 nitrogen and oxygen atoms in total. The lowest BCUT2D eigenvalue weighted by molar-refractivity contribution is -0.115. The Labute approximate surface area is 155 Å². The molecule has 1 aromatic heterocycles. The molecule has 2 heterocycles. The van der Waals surface area contributed by atoms with Crippen LogP contribution in [-0.4, -0.2) is 32.7 Å². The Morgan fingerprint density at radius 1 is 1.42 bits per heavy atom. The number of benzene rings is 1. The van der Waals surface area contributed by atoms with Gasteiger partial charge in [0.1, 0.15) is 5.82 Å². The maximum Gasteiger partial charge on any atom is 0.237 e. The third-order valence-corrected chi connectivity index (χ3v) is 5.37. The van der Waals surface area contributed by atoms with E-state index in [1.807, 2.05) is 13.0 Å². The van der Waals surface area contributed by atoms with Crippen LogP contribution in [0.25, 0.3) is 0 Å². The molecule has 1 N–H and O–H groups in total. The molecule has 1 fully saturated rings. The number of hydrogen-bond donors (Lipinski definition) is 1. The topological polar surface area (TPSA) is 78.3 Å². The number of nitrogens with one attached hydrogen (secondary N) is 1. The summed E-state index contributed by atoms with van der Waals surface area (Å²) in [6.07, 6.45) is 4.14. The molecule has 2 aliphatic rings. The molecule has 0 radical (unpaired) electrons. The Balaban J connectivity index is 1.43. The first-order chi connectivity index (χ1) is 12.7. The Kier molecular flexibility index (Phi) is 4.58. The lowest BCUT2D eigenvalue weighted by Gasteiger charge is -2.13. The zero-order valence-corrected chi connectivity index (χ0v) is 15.3. The first-order valence-corrected chi connectivity index (χ1v) is 9.45. The van der Waals surface area contributed by atoms with Crippen LogP contribution < -0.4 is 14.8 Å². The summed E-state index contributed by atoms with van der Waals surface area (Å²) in [6, 6.07) is 5.36. The van der Waals surface area contributed by atoms with Crippen molar-refractivity contribution < 1.29 is 14.3 Å². The summed E-state index contributed by atoms with van der Waals surface area (Å²) in [7, 11) is 0. The molecule has 0 spiro atoms. The molecule has 2 aromatic rings. The minimum atomic E-state index is -0.319. The van der Waals surface area contributed by atoms with Crippen molar-refractivity contribution in [2.45, 2.75) is 42.6 Å². The van der Waals surface area contributed by atoms with Crippen molar-refractivity contribution in [1.82, 2.24) is 14.8 Å². The van der Waals surface area contributed by atoms with E-state index in [0.717, 1.165) is 23.8 Å². The van der Waals surface area contributed by atoms with Crippen LogP contribution >= 0.6 is 11.8 Å². The molecule has 0 bridgehead atoms. The normalized spacial score (nSPS) is 16.3. The van der Waals surface area contributed by atoms with Gasteiger partial charge < -0.3 is 19.4 Å². The number of carbonyl (C=O) groups is 1. The Bertz CT molecular complexity index is 847. The van der Waals surface area contributed by atoms with Crippen LogP contribution in [0.15, 0.2) is 36.0 Å². The monoisotopic (exact) mass is 372 g/mol. The second kappa shape index (κ2) is 7.03. The summed E-state index contributed by atoms with van der Waals surface area (Å²) < 4.78 is 12.7. The largest absolute Gasteiger partial charge is 0.454 e. The van der Waals surface area contributed by atoms with Gasteiger partial charge in [0.15, 0.2) is 16.7 Å². The minimum Gasteiger partial charge on any atom is -0.454 e. The minimum absolute atomic E-state index is 0.102. The van der Waals surface area contributed by atoms with Gasteiger partial charge in [-0.2, -0.15) is 0 Å². The summed E-state index contributed by atoms with van der Waals surface area (Å²) in [6.45, 7) is 6.53. The van der Waals surface area contributed by atoms with Gasteiger partial charge in [0.25, 0.3) is 0 Å². The molecule has 0 saturated heterocycles. The molecular formula is C18H20N4O3S. The molecule has 26 heavy (non-hydrogen) atoms. The molecule has 1 aliphatic heterocycles. The highest BCUT2D eigenvalue weighted by atomic mass is 32.2. The van der Waals surface area contributed by atoms with Crippen molar-refractivity contribution in [2.24, 2.45) is 0 Å². The molecule has 4 rings (SSSR count). The van der Waals surface area contributed by atoms with E-state index in [1.54, 1.807) is 18.2 Å². The highest BCUT2D eigenvalue weighted by molar-refractivity contribution is 8.00. The number of ether oxygens (including phenoxy) is 2. The Morgan fingerprint density at radius 3 is 3.00 bits per heavy atom. The molecule has 1 saturated carbocycles. The van der Waals surface area contributed by atoms with Gasteiger partial charge in [-0.05, 0) is 31.9 Å². The maximum atomic E-state index is 12.6. The summed E-state index contributed by atoms with van der Waals surface area (Å²) in [5, 5.41) is 11.9. The fraction of sp³-hybridized carbons (Fsp3) is 0.389. The number of amides is 1. The molecule has 1 aliphatic carbocycles. The average Bonchev–Trinajstić information content (AvgIpc) is 3.24. The quantitative estimate of drug-likeness (QED) is 0.594. The number of carbonyl (C=O) groups excluding carboxylic acids is 1. The zero-order chi connectivity index (χ0) is 18.1. The lowest BCUT2D eigenvalue weighted by atomic mass is 10.2. The fourth-order valence-electron chi connectivity index (χ4n) is 2.76. The van der Waals surface area contributed by atoms with Gasteiger partial charge in [0, 0.05) is 24.2 Å². The van der Waals surface area contributed by atoms with Crippen molar-refractivity contribution in [3.05, 3.63) is 36.7 Å². The van der Waals surface area contributed by atoms with Crippen LogP contribution in [0.5, 0.6) is 11.5 Å². The van der Waals surface area contributed by atoms with E-state index in [4.69, 9.17) is 9.47 Å². The van der Waals surface area contributed by atoms with Gasteiger partial charge in [-0.1, -0.05) is 17.8 Å². The smallest absolute Gasteiger partial charge is 0.237 e. The Hall–Kier alpha value is -2.48. The van der Waals surface area contributed by atoms with E-state index < -0.39 is 0 Å². The summed E-state index contributed by atoms with van der Waals surface area (Å²) in [5.74, 6) is 2.72. The molecule has 1 atom stereocenters. The van der Waals surface area contributed by atoms with E-state index in [9.17, 15) is 4.79 Å². The third kappa shape index (κ3) is 3.41. The predicted molar refractivity (Wildman–Crippen MR) is 98.7 cm³/mol. The second-order valence-electron chi connectivity index (χ2n) is 6.33. The highest BCUT2D eigenvalue weighted by Gasteiger charge is 2.31. The van der Waals surface area contributed by atoms with Crippen LogP contribution in [0.2, 0.25) is 0 Å². The Morgan fingerprint density at radius 2 is 2.23 bits per heavy atom. The first kappa shape index (κ1) is 17.0. The molecular weight excluding hydrogens is 352 g/mol. The van der Waals surface area contributed by atoms with Crippen LogP contribution in [-0.2, 0) is 11.3 Å². The van der Waals surface area contributed by atoms with Crippen LogP contribution in [0.3, 0.4) is 0 Å². The first-order valence-electron chi connectivity index (χ1n) is 8.57. The van der Waals surface area contributed by atoms with E-state index >= 15 is 0 Å². The number of hydrogen-bond acceptors (Lipinski definition) is 6. The maximum absolute atomic E-state index is 12.6. The molecule has 1 aromatic carbocycles. The highest BCUT2D eigenvalue weighted by Crippen LogP contribution is 2.40. The molecule has 1 unspecified atom stereocenters. The standard InChI is InChI=1S/C18H20N4O3S/c1-3-8-22-16(12-4-5-12)20-21-18(22)26-11(2)17(23)19-13-6-7-14-15(9-13)25-10-24-14/h3,6-7,9,11-12H,1,4-5,8,10H2,2H3,(H,19,23). The average molecular weight is 372 g/mol. The van der Waals surface area contributed by atoms with Gasteiger partial charge in [0.05, 0.1) is 5.25 Å². The van der Waals surface area contributed by atoms with Crippen molar-refractivity contribution >= 4 is 23.4 Å². The van der Waals surface area contributed by atoms with Gasteiger partial charge >= 0.3 is 0 Å². The van der Waals surface area contributed by atoms with Crippen molar-refractivity contribution in [1.29, 1.82) is 0 Å². The van der Waals surface area contributed by atoms with Gasteiger partial charge in [-0.25, -0.2) is 0 Å². The van der Waals surface area contributed by atoms with Crippen molar-refractivity contribution in [2.75, 3.05) is 12.1 Å². The summed E-state index contributed by atoms with van der Waals surface area (Å²) >= 11 is 1.40. The van der Waals surface area contributed by atoms with Crippen LogP contribution in [0, 0.1) is 0 Å². The van der Waals surface area contributed by atoms with Crippen molar-refractivity contribution in [3.8, 4) is 11.5 Å². The number of aromatic nitrogens is 3. The number of nitrogens with zero attached hydrogens (tertiary/aromatic N) is 3. The number of anilines is 1. The van der Waals surface area contributed by atoms with Crippen LogP contribution in [0.1, 0.15) is 31.5 Å². The molecule has 8 heteroatoms. The lowest BCUT2D eigenvalue weighted by Crippen LogP contribution is -2.23. The molecule has 136 valence electrons. The van der Waals surface area contributed by atoms with E-state index in [0.29, 0.717) is 29.6 Å². The summed E-state index contributed by atoms with van der Waals surface area (Å²) in [5.41, 5.74) is 0.679. The molecule has 1 amide bonds. The van der Waals surface area contributed by atoms with Gasteiger partial charge in [-0.3, -0.25) is 4.79 Å². The third-order valence-electron chi connectivity index (χ3n) is 4.29. The fourth-order valence-corrected chi connectivity index (χ4v) is 3.63. The van der Waals surface area contributed by atoms with E-state index in [-0.39, 0.29) is 18.0 Å². The number of thioether (sulfide) groups is 1. The van der Waals surface area contributed by atoms with Gasteiger partial charge in [0.2, 0.25) is 12.7 Å². The van der Waals surface area contributed by atoms with Crippen molar-refractivity contribution in [3.63, 3.8) is 0 Å².